The summed E-state index contributed by atoms with van der Waals surface area (Å²) in [7, 11) is 1.63. The van der Waals surface area contributed by atoms with Crippen LogP contribution in [-0.2, 0) is 24.7 Å². The quantitative estimate of drug-likeness (QED) is 0.141. The summed E-state index contributed by atoms with van der Waals surface area (Å²) in [6, 6.07) is 47.8. The number of benzene rings is 6. The van der Waals surface area contributed by atoms with Crippen molar-refractivity contribution in [2.24, 2.45) is 5.92 Å². The Balaban J connectivity index is 1.15. The van der Waals surface area contributed by atoms with E-state index in [-0.39, 0.29) is 25.0 Å². The van der Waals surface area contributed by atoms with Crippen LogP contribution in [-0.4, -0.2) is 91.1 Å². The first kappa shape index (κ1) is 42.9. The number of aliphatic hydroxyl groups is 1. The molecule has 5 aliphatic heterocycles. The van der Waals surface area contributed by atoms with Gasteiger partial charge in [0.15, 0.2) is 5.54 Å². The Hall–Kier alpha value is -7.72. The molecule has 5 aliphatic rings. The number of ether oxygens (including phenoxy) is 3. The van der Waals surface area contributed by atoms with E-state index in [1.165, 1.54) is 0 Å². The number of nitrogens with zero attached hydrogens (tertiary/aromatic N) is 4. The third-order valence-electron chi connectivity index (χ3n) is 14.2. The fourth-order valence-electron chi connectivity index (χ4n) is 11.2. The van der Waals surface area contributed by atoms with Crippen molar-refractivity contribution in [3.05, 3.63) is 185 Å². The topological polar surface area (TPSA) is 126 Å². The van der Waals surface area contributed by atoms with Gasteiger partial charge in [0.1, 0.15) is 41.6 Å². The molecule has 2 N–H and O–H groups in total. The van der Waals surface area contributed by atoms with Gasteiger partial charge in [0, 0.05) is 61.4 Å². The molecule has 0 saturated carbocycles. The molecule has 12 heteroatoms. The molecular weight excluding hydrogens is 855 g/mol. The molecule has 4 fully saturated rings. The minimum Gasteiger partial charge on any atom is -0.497 e. The van der Waals surface area contributed by atoms with E-state index in [9.17, 15) is 9.90 Å². The Labute approximate surface area is 395 Å². The van der Waals surface area contributed by atoms with Gasteiger partial charge >= 0.3 is 11.9 Å². The predicted octanol–water partition coefficient (Wildman–Crippen LogP) is 5.62. The van der Waals surface area contributed by atoms with Gasteiger partial charge in [-0.05, 0) is 95.6 Å². The number of amidine groups is 1. The Morgan fingerprint density at radius 2 is 1.43 bits per heavy atom. The van der Waals surface area contributed by atoms with Crippen LogP contribution in [0.25, 0.3) is 0 Å². The van der Waals surface area contributed by atoms with Crippen molar-refractivity contribution in [2.75, 3.05) is 56.3 Å². The number of esters is 1. The third-order valence-corrected chi connectivity index (χ3v) is 14.2. The lowest BCUT2D eigenvalue weighted by Gasteiger charge is -2.51. The van der Waals surface area contributed by atoms with E-state index in [1.54, 1.807) is 18.9 Å². The summed E-state index contributed by atoms with van der Waals surface area (Å²) in [5.41, 5.74) is 6.15. The van der Waals surface area contributed by atoms with Crippen LogP contribution in [0.3, 0.4) is 0 Å². The van der Waals surface area contributed by atoms with Crippen LogP contribution in [0.4, 0.5) is 17.1 Å². The molecule has 2 amide bonds. The number of rotatable bonds is 9. The van der Waals surface area contributed by atoms with Gasteiger partial charge in [-0.2, -0.15) is 4.90 Å². The summed E-state index contributed by atoms with van der Waals surface area (Å²) in [5.74, 6) is 6.36. The van der Waals surface area contributed by atoms with E-state index in [0.29, 0.717) is 43.5 Å². The third kappa shape index (κ3) is 7.09. The van der Waals surface area contributed by atoms with Crippen molar-refractivity contribution in [2.45, 2.75) is 36.6 Å². The number of carbonyl (C=O) groups is 3. The van der Waals surface area contributed by atoms with Crippen molar-refractivity contribution in [1.82, 2.24) is 9.80 Å². The molecule has 0 spiro atoms. The highest BCUT2D eigenvalue weighted by molar-refractivity contribution is 6.24. The van der Waals surface area contributed by atoms with E-state index in [2.05, 4.69) is 50.9 Å². The molecule has 6 aromatic rings. The fourth-order valence-corrected chi connectivity index (χ4v) is 11.2. The molecule has 6 atom stereocenters. The number of fused-ring (bicyclic) bond motifs is 3. The van der Waals surface area contributed by atoms with Crippen molar-refractivity contribution < 1.29 is 38.7 Å². The van der Waals surface area contributed by atoms with Gasteiger partial charge in [0.05, 0.1) is 25.7 Å². The van der Waals surface area contributed by atoms with Gasteiger partial charge in [0.25, 0.3) is 5.84 Å². The number of aliphatic hydroxyl groups excluding tert-OH is 1. The zero-order valence-electron chi connectivity index (χ0n) is 37.7. The summed E-state index contributed by atoms with van der Waals surface area (Å²) >= 11 is 0. The number of piperazine rings is 1. The van der Waals surface area contributed by atoms with Gasteiger partial charge in [-0.15, -0.1) is 0 Å². The Morgan fingerprint density at radius 1 is 0.750 bits per heavy atom. The molecule has 0 unspecified atom stereocenters. The standard InChI is InChI=1S/C56H49N5O7/c1-36(63)58-28-30-59(31-29-58)42-21-23-43(24-22-42)60-53(64)48-49-46-34-38(17-16-37-18-25-44(66-2)26-19-37)20-27-47(46)57-55(60)56(49,41-14-9-15-45(35-41)67-33-32-62)61-50(39-10-5-3-6-11-39)52(68-54(65)51(48)61)40-12-7-4-8-13-40/h3-15,18-27,34-35,48-52,62H,28-33H2,1-2H3/p+1/t48-,49+,50-,51-,52+,56+/m1/s1. The molecule has 0 aromatic heterocycles. The molecule has 0 aliphatic carbocycles. The summed E-state index contributed by atoms with van der Waals surface area (Å²) in [4.78, 5) is 55.5. The van der Waals surface area contributed by atoms with E-state index < -0.39 is 41.5 Å². The summed E-state index contributed by atoms with van der Waals surface area (Å²) in [5, 5.41) is 9.89. The van der Waals surface area contributed by atoms with Crippen LogP contribution in [0.2, 0.25) is 0 Å². The average molecular weight is 905 g/mol. The maximum atomic E-state index is 16.0. The maximum Gasteiger partial charge on any atom is 0.325 e. The van der Waals surface area contributed by atoms with Crippen LogP contribution in [0.15, 0.2) is 152 Å². The van der Waals surface area contributed by atoms with Gasteiger partial charge in [0.2, 0.25) is 5.91 Å². The SMILES string of the molecule is COc1ccc(C#Cc2ccc3c(c2)[C@H]2[C@H]4C(=O)N(c5ccc(N6CCN(C(C)=O)CC6)cc5)C(=[NH+]3)[C@@]2(c2cccc(OCCO)c2)N2[C@H](c3ccccc3)[C@H](c3ccccc3)OC(=O)[C@@H]42)cc1. The van der Waals surface area contributed by atoms with E-state index >= 15 is 9.59 Å². The average Bonchev–Trinajstić information content (AvgIpc) is 3.67. The number of piperidine rings is 1. The second-order valence-electron chi connectivity index (χ2n) is 17.8. The molecule has 68 heavy (non-hydrogen) atoms. The number of hydrogen-bond acceptors (Lipinski definition) is 9. The van der Waals surface area contributed by atoms with Gasteiger partial charge < -0.3 is 29.1 Å². The van der Waals surface area contributed by atoms with E-state index in [4.69, 9.17) is 14.2 Å². The first-order valence-corrected chi connectivity index (χ1v) is 23.1. The van der Waals surface area contributed by atoms with Gasteiger partial charge in [-0.25, -0.2) is 9.79 Å². The molecule has 5 heterocycles. The Morgan fingerprint density at radius 3 is 2.12 bits per heavy atom. The lowest BCUT2D eigenvalue weighted by molar-refractivity contribution is -0.368. The van der Waals surface area contributed by atoms with Crippen molar-refractivity contribution >= 4 is 40.7 Å². The van der Waals surface area contributed by atoms with Gasteiger partial charge in [-0.1, -0.05) is 84.6 Å². The number of methoxy groups -OCH3 is 1. The number of amides is 2. The first-order chi connectivity index (χ1) is 33.3. The number of anilines is 2. The van der Waals surface area contributed by atoms with Gasteiger partial charge in [-0.3, -0.25) is 14.5 Å². The zero-order chi connectivity index (χ0) is 46.5. The summed E-state index contributed by atoms with van der Waals surface area (Å²) in [6.07, 6.45) is -0.749. The lowest BCUT2D eigenvalue weighted by atomic mass is 9.64. The number of hydrogen-bond donors (Lipinski definition) is 2. The molecule has 340 valence electrons. The summed E-state index contributed by atoms with van der Waals surface area (Å²) in [6.45, 7) is 4.14. The number of cyclic esters (lactones) is 1. The number of carbonyl (C=O) groups excluding carboxylic acids is 3. The highest BCUT2D eigenvalue weighted by Crippen LogP contribution is 2.66. The number of nitrogens with one attached hydrogen (secondary N) is 1. The monoisotopic (exact) mass is 904 g/mol. The zero-order valence-corrected chi connectivity index (χ0v) is 37.7. The normalized spacial score (nSPS) is 23.7. The minimum absolute atomic E-state index is 0.0667. The van der Waals surface area contributed by atoms with Crippen LogP contribution < -0.4 is 24.3 Å². The molecule has 12 nitrogen and oxygen atoms in total. The fraction of sp³-hybridized carbons (Fsp3) is 0.250. The second kappa shape index (κ2) is 17.5. The van der Waals surface area contributed by atoms with Crippen LogP contribution >= 0.6 is 0 Å². The van der Waals surface area contributed by atoms with E-state index in [0.717, 1.165) is 50.5 Å². The van der Waals surface area contributed by atoms with Crippen LogP contribution in [0.1, 0.15) is 58.4 Å². The molecule has 0 radical (unpaired) electrons. The largest absolute Gasteiger partial charge is 0.497 e. The van der Waals surface area contributed by atoms with Crippen LogP contribution in [0.5, 0.6) is 11.5 Å². The van der Waals surface area contributed by atoms with Crippen molar-refractivity contribution in [1.29, 1.82) is 0 Å². The highest BCUT2D eigenvalue weighted by atomic mass is 16.6. The summed E-state index contributed by atoms with van der Waals surface area (Å²) < 4.78 is 18.2. The van der Waals surface area contributed by atoms with E-state index in [1.807, 2.05) is 132 Å². The molecule has 4 saturated heterocycles. The molecular formula is C56H50N5O7+. The maximum absolute atomic E-state index is 16.0. The molecule has 6 aromatic carbocycles. The molecule has 4 bridgehead atoms. The lowest BCUT2D eigenvalue weighted by Crippen LogP contribution is -2.83. The number of morpholine rings is 1. The smallest absolute Gasteiger partial charge is 0.325 e. The van der Waals surface area contributed by atoms with Crippen molar-refractivity contribution in [3.8, 4) is 23.3 Å². The minimum atomic E-state index is -1.23. The molecule has 11 rings (SSSR count). The Kier molecular flexibility index (Phi) is 11.0. The van der Waals surface area contributed by atoms with Crippen molar-refractivity contribution in [3.63, 3.8) is 0 Å². The second-order valence-corrected chi connectivity index (χ2v) is 17.8. The Bertz CT molecular complexity index is 3000. The predicted molar refractivity (Wildman–Crippen MR) is 256 cm³/mol. The van der Waals surface area contributed by atoms with Crippen LogP contribution in [0, 0.1) is 17.8 Å². The first-order valence-electron chi connectivity index (χ1n) is 23.1. The highest BCUT2D eigenvalue weighted by Gasteiger charge is 2.79.